The summed E-state index contributed by atoms with van der Waals surface area (Å²) in [6, 6.07) is 3.09. The van der Waals surface area contributed by atoms with Gasteiger partial charge in [-0.15, -0.1) is 0 Å². The number of aryl methyl sites for hydroxylation is 2. The molecule has 102 valence electrons. The summed E-state index contributed by atoms with van der Waals surface area (Å²) >= 11 is 5.89. The topological polar surface area (TPSA) is 90.0 Å². The zero-order valence-corrected chi connectivity index (χ0v) is 12.0. The largest absolute Gasteiger partial charge is 0.398 e. The molecule has 19 heavy (non-hydrogen) atoms. The van der Waals surface area contributed by atoms with Crippen LogP contribution in [0.1, 0.15) is 5.56 Å². The second-order valence-corrected chi connectivity index (χ2v) is 6.21. The van der Waals surface area contributed by atoms with E-state index in [-0.39, 0.29) is 5.03 Å². The van der Waals surface area contributed by atoms with Crippen molar-refractivity contribution in [1.82, 2.24) is 9.55 Å². The Bertz CT molecular complexity index is 724. The van der Waals surface area contributed by atoms with Crippen molar-refractivity contribution in [3.8, 4) is 0 Å². The summed E-state index contributed by atoms with van der Waals surface area (Å²) in [5, 5.41) is 0.242. The van der Waals surface area contributed by atoms with Gasteiger partial charge >= 0.3 is 0 Å². The average molecular weight is 301 g/mol. The normalized spacial score (nSPS) is 11.5. The monoisotopic (exact) mass is 300 g/mol. The van der Waals surface area contributed by atoms with Gasteiger partial charge in [0.25, 0.3) is 10.0 Å². The maximum Gasteiger partial charge on any atom is 0.280 e. The standard InChI is InChI=1S/C11H13ClN4O2S/c1-7-3-9(13)8(12)4-10(7)15-19(17,18)11-5-16(2)6-14-11/h3-6,15H,13H2,1-2H3. The van der Waals surface area contributed by atoms with E-state index in [9.17, 15) is 8.42 Å². The van der Waals surface area contributed by atoms with Gasteiger partial charge in [-0.2, -0.15) is 8.42 Å². The maximum atomic E-state index is 12.1. The third-order valence-corrected chi connectivity index (χ3v) is 4.12. The Morgan fingerprint density at radius 2 is 2.11 bits per heavy atom. The van der Waals surface area contributed by atoms with Crippen molar-refractivity contribution in [3.63, 3.8) is 0 Å². The molecule has 0 atom stereocenters. The van der Waals surface area contributed by atoms with E-state index in [1.165, 1.54) is 18.6 Å². The van der Waals surface area contributed by atoms with Gasteiger partial charge in [-0.1, -0.05) is 11.6 Å². The molecule has 1 heterocycles. The summed E-state index contributed by atoms with van der Waals surface area (Å²) in [6.45, 7) is 1.74. The van der Waals surface area contributed by atoms with Gasteiger partial charge in [0.05, 0.1) is 22.7 Å². The lowest BCUT2D eigenvalue weighted by atomic mass is 10.2. The molecule has 0 bridgehead atoms. The number of nitrogen functional groups attached to an aromatic ring is 1. The van der Waals surface area contributed by atoms with Crippen molar-refractivity contribution < 1.29 is 8.42 Å². The van der Waals surface area contributed by atoms with Gasteiger partial charge in [0.1, 0.15) is 0 Å². The van der Waals surface area contributed by atoms with Crippen LogP contribution in [0.3, 0.4) is 0 Å². The minimum atomic E-state index is -3.73. The molecule has 0 amide bonds. The summed E-state index contributed by atoms with van der Waals surface area (Å²) in [5.74, 6) is 0. The molecule has 0 saturated heterocycles. The molecule has 3 N–H and O–H groups in total. The number of halogens is 1. The summed E-state index contributed by atoms with van der Waals surface area (Å²) in [7, 11) is -2.03. The second kappa shape index (κ2) is 4.75. The highest BCUT2D eigenvalue weighted by Gasteiger charge is 2.18. The van der Waals surface area contributed by atoms with Gasteiger partial charge in [-0.05, 0) is 24.6 Å². The van der Waals surface area contributed by atoms with Crippen LogP contribution in [0.4, 0.5) is 11.4 Å². The highest BCUT2D eigenvalue weighted by Crippen LogP contribution is 2.28. The van der Waals surface area contributed by atoms with Crippen molar-refractivity contribution in [2.75, 3.05) is 10.5 Å². The molecule has 0 spiro atoms. The Morgan fingerprint density at radius 3 is 2.68 bits per heavy atom. The molecule has 8 heteroatoms. The van der Waals surface area contributed by atoms with Crippen molar-refractivity contribution in [3.05, 3.63) is 35.2 Å². The third kappa shape index (κ3) is 2.82. The number of imidazole rings is 1. The van der Waals surface area contributed by atoms with Crippen LogP contribution in [-0.4, -0.2) is 18.0 Å². The minimum absolute atomic E-state index is 0.0534. The van der Waals surface area contributed by atoms with Gasteiger partial charge < -0.3 is 10.3 Å². The van der Waals surface area contributed by atoms with Crippen LogP contribution < -0.4 is 10.5 Å². The molecular weight excluding hydrogens is 288 g/mol. The van der Waals surface area contributed by atoms with E-state index < -0.39 is 10.0 Å². The molecule has 0 saturated carbocycles. The highest BCUT2D eigenvalue weighted by atomic mass is 35.5. The molecule has 0 aliphatic rings. The summed E-state index contributed by atoms with van der Waals surface area (Å²) in [4.78, 5) is 3.81. The first kappa shape index (κ1) is 13.7. The van der Waals surface area contributed by atoms with Crippen molar-refractivity contribution in [1.29, 1.82) is 0 Å². The molecule has 2 aromatic rings. The summed E-state index contributed by atoms with van der Waals surface area (Å²) in [5.41, 5.74) is 7.11. The minimum Gasteiger partial charge on any atom is -0.398 e. The van der Waals surface area contributed by atoms with Crippen molar-refractivity contribution in [2.45, 2.75) is 11.9 Å². The van der Waals surface area contributed by atoms with E-state index in [0.717, 1.165) is 0 Å². The fourth-order valence-corrected chi connectivity index (χ4v) is 2.81. The number of nitrogens with two attached hydrogens (primary N) is 1. The maximum absolute atomic E-state index is 12.1. The SMILES string of the molecule is Cc1cc(N)c(Cl)cc1NS(=O)(=O)c1cn(C)cn1. The van der Waals surface area contributed by atoms with Crippen molar-refractivity contribution in [2.24, 2.45) is 7.05 Å². The van der Waals surface area contributed by atoms with Crippen LogP contribution in [0, 0.1) is 6.92 Å². The lowest BCUT2D eigenvalue weighted by Gasteiger charge is -2.10. The Kier molecular flexibility index (Phi) is 3.42. The van der Waals surface area contributed by atoms with E-state index in [1.807, 2.05) is 0 Å². The first-order chi connectivity index (χ1) is 8.79. The van der Waals surface area contributed by atoms with E-state index in [4.69, 9.17) is 17.3 Å². The van der Waals surface area contributed by atoms with E-state index >= 15 is 0 Å². The molecule has 0 radical (unpaired) electrons. The quantitative estimate of drug-likeness (QED) is 0.845. The molecule has 6 nitrogen and oxygen atoms in total. The fourth-order valence-electron chi connectivity index (χ4n) is 1.54. The van der Waals surface area contributed by atoms with Gasteiger partial charge in [-0.25, -0.2) is 4.98 Å². The number of hydrogen-bond acceptors (Lipinski definition) is 4. The highest BCUT2D eigenvalue weighted by molar-refractivity contribution is 7.92. The lowest BCUT2D eigenvalue weighted by molar-refractivity contribution is 0.598. The molecule has 0 fully saturated rings. The number of hydrogen-bond donors (Lipinski definition) is 2. The molecule has 1 aromatic heterocycles. The zero-order chi connectivity index (χ0) is 14.2. The first-order valence-corrected chi connectivity index (χ1v) is 7.22. The number of nitrogens with zero attached hydrogens (tertiary/aromatic N) is 2. The molecule has 0 aliphatic heterocycles. The number of aromatic nitrogens is 2. The third-order valence-electron chi connectivity index (χ3n) is 2.54. The van der Waals surface area contributed by atoms with Gasteiger partial charge in [0.2, 0.25) is 0 Å². The predicted octanol–water partition coefficient (Wildman–Crippen LogP) is 1.76. The molecule has 2 rings (SSSR count). The Morgan fingerprint density at radius 1 is 1.42 bits per heavy atom. The average Bonchev–Trinajstić information content (AvgIpc) is 2.73. The van der Waals surface area contributed by atoms with Gasteiger partial charge in [0.15, 0.2) is 5.03 Å². The fraction of sp³-hybridized carbons (Fsp3) is 0.182. The Hall–Kier alpha value is -1.73. The zero-order valence-electron chi connectivity index (χ0n) is 10.4. The van der Waals surface area contributed by atoms with Crippen LogP contribution in [-0.2, 0) is 17.1 Å². The second-order valence-electron chi connectivity index (χ2n) is 4.17. The predicted molar refractivity (Wildman–Crippen MR) is 74.6 cm³/mol. The number of sulfonamides is 1. The number of rotatable bonds is 3. The van der Waals surface area contributed by atoms with Crippen LogP contribution in [0.5, 0.6) is 0 Å². The molecular formula is C11H13ClN4O2S. The number of anilines is 2. The first-order valence-electron chi connectivity index (χ1n) is 5.36. The van der Waals surface area contributed by atoms with E-state index in [0.29, 0.717) is 22.0 Å². The number of nitrogens with one attached hydrogen (secondary N) is 1. The lowest BCUT2D eigenvalue weighted by Crippen LogP contribution is -2.14. The summed E-state index contributed by atoms with van der Waals surface area (Å²) in [6.07, 6.45) is 2.83. The molecule has 0 unspecified atom stereocenters. The van der Waals surface area contributed by atoms with Crippen molar-refractivity contribution >= 4 is 33.0 Å². The Labute approximate surface area is 116 Å². The van der Waals surface area contributed by atoms with Crippen LogP contribution in [0.2, 0.25) is 5.02 Å². The van der Waals surface area contributed by atoms with Gasteiger partial charge in [0, 0.05) is 13.2 Å². The molecule has 1 aromatic carbocycles. The van der Waals surface area contributed by atoms with Gasteiger partial charge in [-0.3, -0.25) is 4.72 Å². The van der Waals surface area contributed by atoms with E-state index in [2.05, 4.69) is 9.71 Å². The Balaban J connectivity index is 2.38. The van der Waals surface area contributed by atoms with Crippen LogP contribution in [0.25, 0.3) is 0 Å². The number of benzene rings is 1. The van der Waals surface area contributed by atoms with Crippen LogP contribution in [0.15, 0.2) is 29.7 Å². The smallest absolute Gasteiger partial charge is 0.280 e. The van der Waals surface area contributed by atoms with E-state index in [1.54, 1.807) is 24.6 Å². The molecule has 0 aliphatic carbocycles. The van der Waals surface area contributed by atoms with Crippen LogP contribution >= 0.6 is 11.6 Å². The summed E-state index contributed by atoms with van der Waals surface area (Å²) < 4.78 is 28.2.